The average Bonchev–Trinajstić information content (AvgIpc) is 2.47. The van der Waals surface area contributed by atoms with Crippen LogP contribution in [0.1, 0.15) is 11.3 Å². The number of fused-ring (bicyclic) bond motifs is 1. The van der Waals surface area contributed by atoms with Crippen molar-refractivity contribution < 1.29 is 5.11 Å². The zero-order valence-corrected chi connectivity index (χ0v) is 7.23. The monoisotopic (exact) mass is 178 g/mol. The Morgan fingerprint density at radius 1 is 1.62 bits per heavy atom. The summed E-state index contributed by atoms with van der Waals surface area (Å²) in [5.74, 6) is 0.445. The molecule has 2 heterocycles. The van der Waals surface area contributed by atoms with E-state index in [1.807, 2.05) is 13.0 Å². The molecule has 2 rings (SSSR count). The zero-order chi connectivity index (χ0) is 9.42. The number of aliphatic hydroxyl groups excluding tert-OH is 1. The highest BCUT2D eigenvalue weighted by Crippen LogP contribution is 2.13. The maximum Gasteiger partial charge on any atom is 0.157 e. The van der Waals surface area contributed by atoms with Crippen LogP contribution in [0.25, 0.3) is 5.65 Å². The molecule has 68 valence electrons. The molecule has 2 aromatic heterocycles. The fourth-order valence-corrected chi connectivity index (χ4v) is 1.22. The Labute approximate surface area is 74.8 Å². The highest BCUT2D eigenvalue weighted by Gasteiger charge is 2.05. The smallest absolute Gasteiger partial charge is 0.157 e. The number of nitrogen functional groups attached to an aromatic ring is 1. The van der Waals surface area contributed by atoms with E-state index in [2.05, 4.69) is 10.1 Å². The van der Waals surface area contributed by atoms with Crippen LogP contribution in [-0.2, 0) is 6.61 Å². The second-order valence-corrected chi connectivity index (χ2v) is 2.88. The molecular weight excluding hydrogens is 168 g/mol. The maximum atomic E-state index is 8.92. The fourth-order valence-electron chi connectivity index (χ4n) is 1.22. The average molecular weight is 178 g/mol. The summed E-state index contributed by atoms with van der Waals surface area (Å²) in [6.45, 7) is 1.75. The van der Waals surface area contributed by atoms with Gasteiger partial charge in [-0.2, -0.15) is 9.61 Å². The normalized spacial score (nSPS) is 10.9. The van der Waals surface area contributed by atoms with E-state index in [0.717, 1.165) is 5.69 Å². The van der Waals surface area contributed by atoms with Gasteiger partial charge in [-0.25, -0.2) is 4.98 Å². The van der Waals surface area contributed by atoms with Crippen molar-refractivity contribution >= 4 is 11.5 Å². The van der Waals surface area contributed by atoms with Gasteiger partial charge in [0, 0.05) is 17.8 Å². The summed E-state index contributed by atoms with van der Waals surface area (Å²) < 4.78 is 1.53. The molecule has 3 N–H and O–H groups in total. The molecule has 0 radical (unpaired) electrons. The lowest BCUT2D eigenvalue weighted by Crippen LogP contribution is -2.04. The van der Waals surface area contributed by atoms with E-state index in [1.54, 1.807) is 6.20 Å². The molecule has 0 unspecified atom stereocenters. The highest BCUT2D eigenvalue weighted by atomic mass is 16.3. The number of nitrogens with zero attached hydrogens (tertiary/aromatic N) is 3. The predicted octanol–water partition coefficient (Wildman–Crippen LogP) is 0.112. The predicted molar refractivity (Wildman–Crippen MR) is 48.1 cm³/mol. The van der Waals surface area contributed by atoms with Crippen LogP contribution in [0.2, 0.25) is 0 Å². The second-order valence-electron chi connectivity index (χ2n) is 2.88. The van der Waals surface area contributed by atoms with Crippen molar-refractivity contribution in [3.63, 3.8) is 0 Å². The molecule has 0 aliphatic rings. The Balaban J connectivity index is 2.78. The van der Waals surface area contributed by atoms with E-state index in [0.29, 0.717) is 17.0 Å². The number of hydrogen-bond donors (Lipinski definition) is 2. The maximum absolute atomic E-state index is 8.92. The van der Waals surface area contributed by atoms with Crippen molar-refractivity contribution in [3.8, 4) is 0 Å². The third-order valence-corrected chi connectivity index (χ3v) is 1.89. The van der Waals surface area contributed by atoms with Crippen molar-refractivity contribution in [2.24, 2.45) is 0 Å². The molecule has 5 heteroatoms. The minimum atomic E-state index is -0.117. The third kappa shape index (κ3) is 1.13. The van der Waals surface area contributed by atoms with Crippen LogP contribution >= 0.6 is 0 Å². The van der Waals surface area contributed by atoms with Crippen LogP contribution in [0.3, 0.4) is 0 Å². The van der Waals surface area contributed by atoms with Gasteiger partial charge in [0.15, 0.2) is 5.65 Å². The molecule has 0 amide bonds. The molecule has 5 nitrogen and oxygen atoms in total. The summed E-state index contributed by atoms with van der Waals surface area (Å²) >= 11 is 0. The van der Waals surface area contributed by atoms with Gasteiger partial charge >= 0.3 is 0 Å². The van der Waals surface area contributed by atoms with E-state index >= 15 is 0 Å². The van der Waals surface area contributed by atoms with Crippen molar-refractivity contribution in [1.82, 2.24) is 14.6 Å². The van der Waals surface area contributed by atoms with Crippen LogP contribution in [0.5, 0.6) is 0 Å². The Hall–Kier alpha value is -1.62. The molecule has 0 atom stereocenters. The molecule has 0 spiro atoms. The molecular formula is C8H10N4O. The van der Waals surface area contributed by atoms with Crippen LogP contribution < -0.4 is 5.73 Å². The number of hydrogen-bond acceptors (Lipinski definition) is 4. The van der Waals surface area contributed by atoms with Gasteiger partial charge in [0.25, 0.3) is 0 Å². The number of aryl methyl sites for hydroxylation is 1. The number of anilines is 1. The van der Waals surface area contributed by atoms with Gasteiger partial charge in [0.1, 0.15) is 5.82 Å². The molecule has 0 aromatic carbocycles. The lowest BCUT2D eigenvalue weighted by molar-refractivity contribution is 0.281. The van der Waals surface area contributed by atoms with E-state index in [1.165, 1.54) is 4.52 Å². The van der Waals surface area contributed by atoms with Crippen LogP contribution in [0.4, 0.5) is 5.82 Å². The first-order valence-corrected chi connectivity index (χ1v) is 3.93. The summed E-state index contributed by atoms with van der Waals surface area (Å²) in [5, 5.41) is 13.1. The van der Waals surface area contributed by atoms with E-state index in [9.17, 15) is 0 Å². The third-order valence-electron chi connectivity index (χ3n) is 1.89. The number of rotatable bonds is 1. The Morgan fingerprint density at radius 2 is 2.38 bits per heavy atom. The second kappa shape index (κ2) is 2.70. The number of aromatic nitrogens is 3. The molecule has 0 aliphatic heterocycles. The summed E-state index contributed by atoms with van der Waals surface area (Å²) in [5.41, 5.74) is 7.89. The molecule has 0 aliphatic carbocycles. The van der Waals surface area contributed by atoms with Gasteiger partial charge in [0.05, 0.1) is 12.3 Å². The molecule has 2 aromatic rings. The summed E-state index contributed by atoms with van der Waals surface area (Å²) in [6, 6.07) is 1.83. The van der Waals surface area contributed by atoms with Crippen molar-refractivity contribution in [3.05, 3.63) is 23.5 Å². The summed E-state index contributed by atoms with van der Waals surface area (Å²) in [4.78, 5) is 4.09. The van der Waals surface area contributed by atoms with Crippen molar-refractivity contribution in [1.29, 1.82) is 0 Å². The zero-order valence-electron chi connectivity index (χ0n) is 7.23. The summed E-state index contributed by atoms with van der Waals surface area (Å²) in [6.07, 6.45) is 1.56. The van der Waals surface area contributed by atoms with Gasteiger partial charge in [-0.05, 0) is 6.92 Å². The van der Waals surface area contributed by atoms with Crippen LogP contribution in [0.15, 0.2) is 12.3 Å². The van der Waals surface area contributed by atoms with Gasteiger partial charge in [-0.1, -0.05) is 0 Å². The van der Waals surface area contributed by atoms with Gasteiger partial charge in [-0.3, -0.25) is 0 Å². The first kappa shape index (κ1) is 8.00. The van der Waals surface area contributed by atoms with Gasteiger partial charge in [0.2, 0.25) is 0 Å². The summed E-state index contributed by atoms with van der Waals surface area (Å²) in [7, 11) is 0. The fraction of sp³-hybridized carbons (Fsp3) is 0.250. The lowest BCUT2D eigenvalue weighted by atomic mass is 10.3. The molecule has 0 saturated carbocycles. The quantitative estimate of drug-likeness (QED) is 0.650. The molecule has 13 heavy (non-hydrogen) atoms. The minimum absolute atomic E-state index is 0.117. The number of aliphatic hydroxyl groups is 1. The molecule has 0 fully saturated rings. The van der Waals surface area contributed by atoms with Crippen molar-refractivity contribution in [2.75, 3.05) is 5.73 Å². The topological polar surface area (TPSA) is 76.4 Å². The first-order chi connectivity index (χ1) is 6.22. The highest BCUT2D eigenvalue weighted by molar-refractivity contribution is 5.50. The Morgan fingerprint density at radius 3 is 3.08 bits per heavy atom. The SMILES string of the molecule is Cc1cc2ncc(CO)c(N)n2n1. The van der Waals surface area contributed by atoms with Crippen molar-refractivity contribution in [2.45, 2.75) is 13.5 Å². The van der Waals surface area contributed by atoms with E-state index < -0.39 is 0 Å². The molecule has 0 saturated heterocycles. The largest absolute Gasteiger partial charge is 0.391 e. The van der Waals surface area contributed by atoms with Crippen LogP contribution in [0, 0.1) is 6.92 Å². The minimum Gasteiger partial charge on any atom is -0.391 e. The van der Waals surface area contributed by atoms with E-state index in [-0.39, 0.29) is 6.61 Å². The number of nitrogens with two attached hydrogens (primary N) is 1. The standard InChI is InChI=1S/C8H10N4O/c1-5-2-7-10-3-6(4-13)8(9)12(7)11-5/h2-3,13H,4,9H2,1H3. The Kier molecular flexibility index (Phi) is 1.66. The van der Waals surface area contributed by atoms with E-state index in [4.69, 9.17) is 10.8 Å². The van der Waals surface area contributed by atoms with Crippen LogP contribution in [-0.4, -0.2) is 19.7 Å². The molecule has 0 bridgehead atoms. The lowest BCUT2D eigenvalue weighted by Gasteiger charge is -2.02. The first-order valence-electron chi connectivity index (χ1n) is 3.93. The van der Waals surface area contributed by atoms with Gasteiger partial charge in [-0.15, -0.1) is 0 Å². The van der Waals surface area contributed by atoms with Gasteiger partial charge < -0.3 is 10.8 Å². The Bertz CT molecular complexity index is 449.